The Morgan fingerprint density at radius 3 is 2.89 bits per heavy atom. The number of hydrogen-bond donors (Lipinski definition) is 1. The maximum absolute atomic E-state index is 11.3. The van der Waals surface area contributed by atoms with E-state index in [0.717, 1.165) is 0 Å². The Hall–Kier alpha value is -2.53. The molecule has 0 aromatic heterocycles. The maximum Gasteiger partial charge on any atom is 0.411 e. The van der Waals surface area contributed by atoms with Crippen molar-refractivity contribution in [2.75, 3.05) is 18.7 Å². The van der Waals surface area contributed by atoms with Gasteiger partial charge in [0.05, 0.1) is 12.3 Å². The second-order valence-electron chi connectivity index (χ2n) is 3.27. The van der Waals surface area contributed by atoms with Gasteiger partial charge in [-0.15, -0.1) is 0 Å². The van der Waals surface area contributed by atoms with Crippen LogP contribution in [-0.4, -0.2) is 25.6 Å². The summed E-state index contributed by atoms with van der Waals surface area (Å²) in [5, 5.41) is 2.46. The third-order valence-corrected chi connectivity index (χ3v) is 2.17. The second-order valence-corrected chi connectivity index (χ2v) is 3.27. The van der Waals surface area contributed by atoms with E-state index < -0.39 is 6.09 Å². The SMILES string of the molecule is CCOC(=O)Nc1cc2c(cc1N=C=O)OCO2. The van der Waals surface area contributed by atoms with Gasteiger partial charge in [-0.05, 0) is 6.92 Å². The van der Waals surface area contributed by atoms with Gasteiger partial charge in [-0.1, -0.05) is 0 Å². The molecule has 0 saturated heterocycles. The highest BCUT2D eigenvalue weighted by atomic mass is 16.7. The Balaban J connectivity index is 2.32. The standard InChI is InChI=1S/C11H10N2O5/c1-2-16-11(15)13-8-4-10-9(17-6-18-10)3-7(8)12-5-14/h3-4H,2,6H2,1H3,(H,13,15). The summed E-state index contributed by atoms with van der Waals surface area (Å²) in [5.74, 6) is 0.921. The number of hydrogen-bond acceptors (Lipinski definition) is 6. The molecule has 1 heterocycles. The lowest BCUT2D eigenvalue weighted by molar-refractivity contribution is 0.168. The summed E-state index contributed by atoms with van der Waals surface area (Å²) < 4.78 is 15.0. The van der Waals surface area contributed by atoms with Crippen LogP contribution in [0.15, 0.2) is 17.1 Å². The monoisotopic (exact) mass is 250 g/mol. The molecule has 0 spiro atoms. The summed E-state index contributed by atoms with van der Waals surface area (Å²) in [6.45, 7) is 2.01. The van der Waals surface area contributed by atoms with E-state index >= 15 is 0 Å². The Morgan fingerprint density at radius 2 is 2.22 bits per heavy atom. The smallest absolute Gasteiger partial charge is 0.411 e. The Kier molecular flexibility index (Phi) is 3.45. The van der Waals surface area contributed by atoms with Gasteiger partial charge in [0.15, 0.2) is 11.5 Å². The maximum atomic E-state index is 11.3. The number of carbonyl (C=O) groups excluding carboxylic acids is 2. The average molecular weight is 250 g/mol. The highest BCUT2D eigenvalue weighted by Gasteiger charge is 2.18. The molecule has 1 aliphatic heterocycles. The summed E-state index contributed by atoms with van der Waals surface area (Å²) >= 11 is 0. The second kappa shape index (κ2) is 5.20. The molecule has 7 heteroatoms. The summed E-state index contributed by atoms with van der Waals surface area (Å²) in [6.07, 6.45) is 0.767. The van der Waals surface area contributed by atoms with E-state index in [0.29, 0.717) is 17.2 Å². The largest absolute Gasteiger partial charge is 0.454 e. The molecule has 18 heavy (non-hydrogen) atoms. The number of aliphatic imine (C=N–C) groups is 1. The first-order chi connectivity index (χ1) is 8.74. The van der Waals surface area contributed by atoms with Gasteiger partial charge < -0.3 is 14.2 Å². The van der Waals surface area contributed by atoms with Crippen LogP contribution in [0.5, 0.6) is 11.5 Å². The van der Waals surface area contributed by atoms with Crippen molar-refractivity contribution in [1.82, 2.24) is 0 Å². The number of isocyanates is 1. The predicted octanol–water partition coefficient (Wildman–Crippen LogP) is 1.95. The summed E-state index contributed by atoms with van der Waals surface area (Å²) in [6, 6.07) is 2.99. The molecule has 0 saturated carbocycles. The van der Waals surface area contributed by atoms with Crippen LogP contribution in [0.1, 0.15) is 6.92 Å². The van der Waals surface area contributed by atoms with E-state index in [4.69, 9.17) is 14.2 Å². The van der Waals surface area contributed by atoms with Crippen molar-refractivity contribution in [3.05, 3.63) is 12.1 Å². The number of anilines is 1. The van der Waals surface area contributed by atoms with Gasteiger partial charge in [-0.2, -0.15) is 4.99 Å². The first kappa shape index (κ1) is 11.9. The molecule has 1 aliphatic rings. The van der Waals surface area contributed by atoms with Crippen molar-refractivity contribution in [2.45, 2.75) is 6.92 Å². The number of carbonyl (C=O) groups is 1. The molecule has 0 fully saturated rings. The van der Waals surface area contributed by atoms with Crippen LogP contribution in [0.25, 0.3) is 0 Å². The minimum absolute atomic E-state index is 0.0858. The number of amides is 1. The molecule has 0 radical (unpaired) electrons. The lowest BCUT2D eigenvalue weighted by Gasteiger charge is -2.08. The third-order valence-electron chi connectivity index (χ3n) is 2.17. The molecule has 7 nitrogen and oxygen atoms in total. The molecule has 0 unspecified atom stereocenters. The zero-order chi connectivity index (χ0) is 13.0. The molecular weight excluding hydrogens is 240 g/mol. The van der Waals surface area contributed by atoms with Gasteiger partial charge in [0.1, 0.15) is 5.69 Å². The Morgan fingerprint density at radius 1 is 1.50 bits per heavy atom. The van der Waals surface area contributed by atoms with Gasteiger partial charge in [0, 0.05) is 12.1 Å². The van der Waals surface area contributed by atoms with Gasteiger partial charge in [0.25, 0.3) is 0 Å². The normalized spacial score (nSPS) is 11.6. The van der Waals surface area contributed by atoms with Crippen LogP contribution in [0.4, 0.5) is 16.2 Å². The molecule has 94 valence electrons. The minimum Gasteiger partial charge on any atom is -0.454 e. The summed E-state index contributed by atoms with van der Waals surface area (Å²) in [4.78, 5) is 25.1. The minimum atomic E-state index is -0.640. The molecule has 0 bridgehead atoms. The van der Waals surface area contributed by atoms with Crippen LogP contribution in [0, 0.1) is 0 Å². The van der Waals surface area contributed by atoms with Crippen molar-refractivity contribution in [2.24, 2.45) is 4.99 Å². The summed E-state index contributed by atoms with van der Waals surface area (Å²) in [5.41, 5.74) is 0.517. The van der Waals surface area contributed by atoms with E-state index in [1.165, 1.54) is 18.2 Å². The number of rotatable bonds is 3. The summed E-state index contributed by atoms with van der Waals surface area (Å²) in [7, 11) is 0. The molecule has 1 aromatic rings. The third kappa shape index (κ3) is 2.41. The predicted molar refractivity (Wildman–Crippen MR) is 61.0 cm³/mol. The van der Waals surface area contributed by atoms with E-state index in [9.17, 15) is 9.59 Å². The van der Waals surface area contributed by atoms with Crippen LogP contribution in [0.2, 0.25) is 0 Å². The van der Waals surface area contributed by atoms with Crippen molar-refractivity contribution in [3.8, 4) is 11.5 Å². The fourth-order valence-corrected chi connectivity index (χ4v) is 1.45. The fourth-order valence-electron chi connectivity index (χ4n) is 1.45. The highest BCUT2D eigenvalue weighted by Crippen LogP contribution is 2.40. The Bertz CT molecular complexity index is 522. The van der Waals surface area contributed by atoms with E-state index in [-0.39, 0.29) is 19.1 Å². The van der Waals surface area contributed by atoms with Crippen molar-refractivity contribution < 1.29 is 23.8 Å². The number of fused-ring (bicyclic) bond motifs is 1. The van der Waals surface area contributed by atoms with Crippen LogP contribution in [-0.2, 0) is 9.53 Å². The van der Waals surface area contributed by atoms with Crippen molar-refractivity contribution in [1.29, 1.82) is 0 Å². The number of nitrogens with zero attached hydrogens (tertiary/aromatic N) is 1. The van der Waals surface area contributed by atoms with Crippen molar-refractivity contribution in [3.63, 3.8) is 0 Å². The quantitative estimate of drug-likeness (QED) is 0.654. The zero-order valence-corrected chi connectivity index (χ0v) is 9.56. The average Bonchev–Trinajstić information content (AvgIpc) is 2.77. The number of benzene rings is 1. The first-order valence-corrected chi connectivity index (χ1v) is 5.20. The van der Waals surface area contributed by atoms with Crippen LogP contribution < -0.4 is 14.8 Å². The molecule has 1 amide bonds. The lowest BCUT2D eigenvalue weighted by atomic mass is 10.2. The molecule has 1 aromatic carbocycles. The van der Waals surface area contributed by atoms with Gasteiger partial charge in [-0.3, -0.25) is 5.32 Å². The lowest BCUT2D eigenvalue weighted by Crippen LogP contribution is -2.13. The number of nitrogens with one attached hydrogen (secondary N) is 1. The fraction of sp³-hybridized carbons (Fsp3) is 0.273. The first-order valence-electron chi connectivity index (χ1n) is 5.20. The van der Waals surface area contributed by atoms with E-state index in [1.807, 2.05) is 0 Å². The zero-order valence-electron chi connectivity index (χ0n) is 9.56. The van der Waals surface area contributed by atoms with Gasteiger partial charge >= 0.3 is 6.09 Å². The molecule has 0 aliphatic carbocycles. The molecular formula is C11H10N2O5. The Labute approximate surface area is 102 Å². The van der Waals surface area contributed by atoms with E-state index in [1.54, 1.807) is 6.92 Å². The van der Waals surface area contributed by atoms with Crippen LogP contribution >= 0.6 is 0 Å². The highest BCUT2D eigenvalue weighted by molar-refractivity contribution is 5.90. The van der Waals surface area contributed by atoms with E-state index in [2.05, 4.69) is 10.3 Å². The van der Waals surface area contributed by atoms with Gasteiger partial charge in [-0.25, -0.2) is 9.59 Å². The van der Waals surface area contributed by atoms with Crippen molar-refractivity contribution >= 4 is 23.5 Å². The number of ether oxygens (including phenoxy) is 3. The van der Waals surface area contributed by atoms with Crippen LogP contribution in [0.3, 0.4) is 0 Å². The molecule has 0 atom stereocenters. The van der Waals surface area contributed by atoms with Gasteiger partial charge in [0.2, 0.25) is 12.9 Å². The molecule has 1 N–H and O–H groups in total. The molecule has 2 rings (SSSR count). The topological polar surface area (TPSA) is 86.2 Å².